The van der Waals surface area contributed by atoms with Crippen molar-refractivity contribution in [3.63, 3.8) is 0 Å². The SMILES string of the molecule is CCC(CF)NC1C[C@H]2CC[C@@H](C1)N2C(=O)Cc1cc2cc(-c3cnn(C)c3)ccc2cn1. The highest BCUT2D eigenvalue weighted by molar-refractivity contribution is 5.88. The summed E-state index contributed by atoms with van der Waals surface area (Å²) in [5.41, 5.74) is 2.98. The number of pyridine rings is 1. The number of halogens is 1. The summed E-state index contributed by atoms with van der Waals surface area (Å²) in [5, 5.41) is 9.88. The van der Waals surface area contributed by atoms with Crippen LogP contribution >= 0.6 is 0 Å². The molecular weight excluding hydrogens is 417 g/mol. The number of hydrogen-bond donors (Lipinski definition) is 1. The Kier molecular flexibility index (Phi) is 6.15. The largest absolute Gasteiger partial charge is 0.336 e. The molecule has 2 fully saturated rings. The second-order valence-electron chi connectivity index (χ2n) is 9.60. The van der Waals surface area contributed by atoms with Crippen molar-refractivity contribution in [2.24, 2.45) is 7.05 Å². The first-order valence-electron chi connectivity index (χ1n) is 12.0. The Bertz CT molecular complexity index is 1130. The third-order valence-corrected chi connectivity index (χ3v) is 7.32. The molecule has 0 spiro atoms. The molecule has 0 radical (unpaired) electrons. The van der Waals surface area contributed by atoms with Gasteiger partial charge < -0.3 is 10.2 Å². The molecule has 4 atom stereocenters. The van der Waals surface area contributed by atoms with Crippen molar-refractivity contribution >= 4 is 16.7 Å². The monoisotopic (exact) mass is 449 g/mol. The number of aromatic nitrogens is 3. The molecule has 2 unspecified atom stereocenters. The summed E-state index contributed by atoms with van der Waals surface area (Å²) in [4.78, 5) is 20.0. The zero-order chi connectivity index (χ0) is 22.9. The molecule has 1 N–H and O–H groups in total. The van der Waals surface area contributed by atoms with E-state index in [9.17, 15) is 9.18 Å². The average molecular weight is 450 g/mol. The van der Waals surface area contributed by atoms with Crippen molar-refractivity contribution in [1.82, 2.24) is 25.0 Å². The van der Waals surface area contributed by atoms with Crippen LogP contribution in [0.5, 0.6) is 0 Å². The molecule has 2 saturated heterocycles. The molecule has 3 aromatic rings. The maximum Gasteiger partial charge on any atom is 0.229 e. The van der Waals surface area contributed by atoms with Crippen molar-refractivity contribution in [1.29, 1.82) is 0 Å². The highest BCUT2D eigenvalue weighted by Crippen LogP contribution is 2.36. The van der Waals surface area contributed by atoms with Gasteiger partial charge in [0, 0.05) is 54.6 Å². The van der Waals surface area contributed by atoms with E-state index in [1.165, 1.54) is 0 Å². The zero-order valence-electron chi connectivity index (χ0n) is 19.4. The molecule has 174 valence electrons. The van der Waals surface area contributed by atoms with Crippen LogP contribution in [0, 0.1) is 0 Å². The third kappa shape index (κ3) is 4.51. The summed E-state index contributed by atoms with van der Waals surface area (Å²) in [5.74, 6) is 0.161. The van der Waals surface area contributed by atoms with Crippen molar-refractivity contribution in [2.75, 3.05) is 6.67 Å². The average Bonchev–Trinajstić information content (AvgIpc) is 3.37. The fourth-order valence-electron chi connectivity index (χ4n) is 5.60. The van der Waals surface area contributed by atoms with Gasteiger partial charge in [0.2, 0.25) is 5.91 Å². The Labute approximate surface area is 194 Å². The molecule has 2 aromatic heterocycles. The summed E-state index contributed by atoms with van der Waals surface area (Å²) in [6.07, 6.45) is 10.7. The molecule has 33 heavy (non-hydrogen) atoms. The van der Waals surface area contributed by atoms with Crippen LogP contribution in [0.25, 0.3) is 21.9 Å². The molecule has 0 aliphatic carbocycles. The van der Waals surface area contributed by atoms with Gasteiger partial charge in [0.1, 0.15) is 6.67 Å². The summed E-state index contributed by atoms with van der Waals surface area (Å²) >= 11 is 0. The molecule has 4 heterocycles. The normalized spacial score (nSPS) is 23.2. The number of carbonyl (C=O) groups excluding carboxylic acids is 1. The number of hydrogen-bond acceptors (Lipinski definition) is 4. The number of benzene rings is 1. The van der Waals surface area contributed by atoms with Gasteiger partial charge in [-0.3, -0.25) is 14.5 Å². The van der Waals surface area contributed by atoms with Crippen LogP contribution in [-0.2, 0) is 18.3 Å². The van der Waals surface area contributed by atoms with Crippen LogP contribution in [0.15, 0.2) is 42.9 Å². The van der Waals surface area contributed by atoms with Gasteiger partial charge in [-0.05, 0) is 55.2 Å². The van der Waals surface area contributed by atoms with Crippen molar-refractivity contribution < 1.29 is 9.18 Å². The van der Waals surface area contributed by atoms with E-state index in [0.717, 1.165) is 59.7 Å². The maximum atomic E-state index is 13.3. The number of alkyl halides is 1. The summed E-state index contributed by atoms with van der Waals surface area (Å²) < 4.78 is 15.0. The van der Waals surface area contributed by atoms with Crippen molar-refractivity contribution in [3.05, 3.63) is 48.5 Å². The summed E-state index contributed by atoms with van der Waals surface area (Å²) in [6.45, 7) is 1.68. The number of rotatable bonds is 7. The van der Waals surface area contributed by atoms with Crippen LogP contribution in [0.2, 0.25) is 0 Å². The van der Waals surface area contributed by atoms with E-state index in [0.29, 0.717) is 12.5 Å². The van der Waals surface area contributed by atoms with Crippen LogP contribution in [0.4, 0.5) is 4.39 Å². The first kappa shape index (κ1) is 22.0. The lowest BCUT2D eigenvalue weighted by molar-refractivity contribution is -0.135. The molecule has 1 amide bonds. The molecule has 2 aliphatic rings. The van der Waals surface area contributed by atoms with E-state index in [1.807, 2.05) is 38.6 Å². The van der Waals surface area contributed by atoms with Crippen molar-refractivity contribution in [2.45, 2.75) is 69.6 Å². The molecule has 0 saturated carbocycles. The highest BCUT2D eigenvalue weighted by Gasteiger charge is 2.43. The molecule has 7 heteroatoms. The number of amides is 1. The van der Waals surface area contributed by atoms with Crippen LogP contribution < -0.4 is 5.32 Å². The van der Waals surface area contributed by atoms with E-state index in [4.69, 9.17) is 0 Å². The predicted molar refractivity (Wildman–Crippen MR) is 128 cm³/mol. The molecule has 2 bridgehead atoms. The number of fused-ring (bicyclic) bond motifs is 3. The predicted octanol–water partition coefficient (Wildman–Crippen LogP) is 4.04. The van der Waals surface area contributed by atoms with Crippen LogP contribution in [0.1, 0.15) is 44.7 Å². The van der Waals surface area contributed by atoms with E-state index >= 15 is 0 Å². The van der Waals surface area contributed by atoms with Gasteiger partial charge in [0.05, 0.1) is 18.3 Å². The minimum absolute atomic E-state index is 0.0741. The quantitative estimate of drug-likeness (QED) is 0.591. The lowest BCUT2D eigenvalue weighted by Gasteiger charge is -2.40. The lowest BCUT2D eigenvalue weighted by Crippen LogP contribution is -2.53. The third-order valence-electron chi connectivity index (χ3n) is 7.32. The summed E-state index contributed by atoms with van der Waals surface area (Å²) in [6, 6.07) is 9.05. The first-order valence-corrected chi connectivity index (χ1v) is 12.0. The molecule has 1 aromatic carbocycles. The lowest BCUT2D eigenvalue weighted by atomic mass is 9.95. The van der Waals surface area contributed by atoms with E-state index in [1.54, 1.807) is 4.68 Å². The minimum Gasteiger partial charge on any atom is -0.336 e. The van der Waals surface area contributed by atoms with Crippen molar-refractivity contribution in [3.8, 4) is 11.1 Å². The van der Waals surface area contributed by atoms with E-state index in [2.05, 4.69) is 38.5 Å². The van der Waals surface area contributed by atoms with Gasteiger partial charge in [-0.15, -0.1) is 0 Å². The van der Waals surface area contributed by atoms with Gasteiger partial charge in [-0.2, -0.15) is 5.10 Å². The highest BCUT2D eigenvalue weighted by atomic mass is 19.1. The minimum atomic E-state index is -0.332. The molecule has 2 aliphatic heterocycles. The molecule has 6 nitrogen and oxygen atoms in total. The molecular formula is C26H32FN5O. The standard InChI is InChI=1S/C26H32FN5O/c1-3-21(13-27)30-23-10-24-6-7-25(11-23)32(24)26(33)12-22-9-19-8-17(4-5-18(19)14-28-22)20-15-29-31(2)16-20/h4-5,8-9,14-16,21,23-25,30H,3,6-7,10-13H2,1-2H3/t21?,23?,24-,25+. The zero-order valence-corrected chi connectivity index (χ0v) is 19.4. The Hall–Kier alpha value is -2.80. The van der Waals surface area contributed by atoms with Crippen LogP contribution in [0.3, 0.4) is 0 Å². The Balaban J connectivity index is 1.29. The summed E-state index contributed by atoms with van der Waals surface area (Å²) in [7, 11) is 1.91. The van der Waals surface area contributed by atoms with Gasteiger partial charge >= 0.3 is 0 Å². The fraction of sp³-hybridized carbons (Fsp3) is 0.500. The second-order valence-corrected chi connectivity index (χ2v) is 9.60. The van der Waals surface area contributed by atoms with Crippen LogP contribution in [-0.4, -0.2) is 56.4 Å². The van der Waals surface area contributed by atoms with E-state index in [-0.39, 0.29) is 30.7 Å². The number of carbonyl (C=O) groups is 1. The number of nitrogens with one attached hydrogen (secondary N) is 1. The number of piperidine rings is 1. The topological polar surface area (TPSA) is 63.1 Å². The Morgan fingerprint density at radius 3 is 2.61 bits per heavy atom. The molecule has 5 rings (SSSR count). The smallest absolute Gasteiger partial charge is 0.229 e. The second kappa shape index (κ2) is 9.21. The fourth-order valence-corrected chi connectivity index (χ4v) is 5.60. The number of nitrogens with zero attached hydrogens (tertiary/aromatic N) is 4. The van der Waals surface area contributed by atoms with Gasteiger partial charge in [0.15, 0.2) is 0 Å². The first-order chi connectivity index (χ1) is 16.0. The number of aryl methyl sites for hydroxylation is 1. The Morgan fingerprint density at radius 1 is 1.15 bits per heavy atom. The van der Waals surface area contributed by atoms with Gasteiger partial charge in [-0.25, -0.2) is 4.39 Å². The van der Waals surface area contributed by atoms with Gasteiger partial charge in [-0.1, -0.05) is 19.1 Å². The van der Waals surface area contributed by atoms with Gasteiger partial charge in [0.25, 0.3) is 0 Å². The Morgan fingerprint density at radius 2 is 1.94 bits per heavy atom. The maximum absolute atomic E-state index is 13.3. The van der Waals surface area contributed by atoms with E-state index < -0.39 is 0 Å².